The van der Waals surface area contributed by atoms with Gasteiger partial charge in [0.1, 0.15) is 15.7 Å². The molecule has 2 heterocycles. The van der Waals surface area contributed by atoms with Crippen molar-refractivity contribution >= 4 is 39.0 Å². The van der Waals surface area contributed by atoms with Crippen LogP contribution in [0.15, 0.2) is 52.9 Å². The molecule has 0 saturated heterocycles. The van der Waals surface area contributed by atoms with Crippen molar-refractivity contribution in [2.45, 2.75) is 69.8 Å². The van der Waals surface area contributed by atoms with Crippen molar-refractivity contribution < 1.29 is 23.6 Å². The van der Waals surface area contributed by atoms with Gasteiger partial charge in [-0.2, -0.15) is 0 Å². The summed E-state index contributed by atoms with van der Waals surface area (Å²) in [7, 11) is -3.33. The summed E-state index contributed by atoms with van der Waals surface area (Å²) in [6, 6.07) is 11.4. The second-order valence-electron chi connectivity index (χ2n) is 12.5. The van der Waals surface area contributed by atoms with Crippen LogP contribution < -0.4 is 14.4 Å². The van der Waals surface area contributed by atoms with Gasteiger partial charge in [0.05, 0.1) is 24.2 Å². The highest BCUT2D eigenvalue weighted by atomic mass is 35.5. The van der Waals surface area contributed by atoms with E-state index in [4.69, 9.17) is 16.3 Å². The van der Waals surface area contributed by atoms with Crippen LogP contribution in [-0.2, 0) is 26.5 Å². The third-order valence-corrected chi connectivity index (χ3v) is 11.7. The van der Waals surface area contributed by atoms with Crippen molar-refractivity contribution in [1.29, 1.82) is 0 Å². The number of benzene rings is 2. The molecule has 2 aliphatic heterocycles. The quantitative estimate of drug-likeness (QED) is 0.421. The lowest BCUT2D eigenvalue weighted by Gasteiger charge is -2.45. The van der Waals surface area contributed by atoms with Crippen LogP contribution in [0.25, 0.3) is 0 Å². The fraction of sp³-hybridized carbons (Fsp3) is 0.515. The first-order chi connectivity index (χ1) is 20.7. The Kier molecular flexibility index (Phi) is 8.59. The zero-order valence-corrected chi connectivity index (χ0v) is 26.2. The molecule has 0 radical (unpaired) electrons. The average Bonchev–Trinajstić information content (AvgIpc) is 3.11. The number of aliphatic hydroxyl groups excluding tert-OH is 1. The lowest BCUT2D eigenvalue weighted by molar-refractivity contribution is -0.118. The van der Waals surface area contributed by atoms with E-state index < -0.39 is 27.8 Å². The molecule has 1 fully saturated rings. The molecule has 2 amide bonds. The summed E-state index contributed by atoms with van der Waals surface area (Å²) in [5.41, 5.74) is 3.35. The highest BCUT2D eigenvalue weighted by Crippen LogP contribution is 2.46. The molecule has 43 heavy (non-hydrogen) atoms. The highest BCUT2D eigenvalue weighted by Gasteiger charge is 2.44. The summed E-state index contributed by atoms with van der Waals surface area (Å²) >= 11 is 6.39. The molecule has 2 N–H and O–H groups in total. The van der Waals surface area contributed by atoms with Crippen LogP contribution >= 0.6 is 11.6 Å². The smallest absolute Gasteiger partial charge is 0.286 e. The van der Waals surface area contributed by atoms with E-state index in [-0.39, 0.29) is 29.4 Å². The molecule has 5 atom stereocenters. The summed E-state index contributed by atoms with van der Waals surface area (Å²) in [4.78, 5) is 28.1. The van der Waals surface area contributed by atoms with Gasteiger partial charge in [0.15, 0.2) is 0 Å². The minimum atomic E-state index is -3.33. The molecule has 0 aromatic heterocycles. The third kappa shape index (κ3) is 6.22. The molecule has 4 aliphatic rings. The molecule has 6 rings (SSSR count). The van der Waals surface area contributed by atoms with Gasteiger partial charge in [0.25, 0.3) is 5.91 Å². The lowest BCUT2D eigenvalue weighted by Crippen LogP contribution is -2.49. The second kappa shape index (κ2) is 12.3. The van der Waals surface area contributed by atoms with Gasteiger partial charge in [-0.15, -0.1) is 4.36 Å². The number of hydrogen-bond acceptors (Lipinski definition) is 6. The number of amides is 2. The maximum absolute atomic E-state index is 13.7. The van der Waals surface area contributed by atoms with E-state index >= 15 is 0 Å². The Labute approximate surface area is 259 Å². The van der Waals surface area contributed by atoms with Crippen LogP contribution in [-0.4, -0.2) is 52.7 Å². The maximum atomic E-state index is 13.7. The van der Waals surface area contributed by atoms with E-state index in [0.717, 1.165) is 42.8 Å². The minimum absolute atomic E-state index is 0.0447. The number of fused-ring (bicyclic) bond motifs is 4. The second-order valence-corrected chi connectivity index (χ2v) is 15.0. The number of carbonyl (C=O) groups excluding carboxylic acids is 2. The van der Waals surface area contributed by atoms with Gasteiger partial charge in [-0.05, 0) is 98.2 Å². The van der Waals surface area contributed by atoms with Crippen LogP contribution in [0.3, 0.4) is 0 Å². The Morgan fingerprint density at radius 3 is 2.88 bits per heavy atom. The molecular formula is C33H40ClN3O5S. The Morgan fingerprint density at radius 1 is 1.23 bits per heavy atom. The number of nitrogens with zero attached hydrogens (tertiary/aromatic N) is 2. The fourth-order valence-corrected chi connectivity index (χ4v) is 9.00. The SMILES string of the molecule is CCC(=O)N[S@]1(=O)=NC(=O)c2ccc3c(c2)N(C[C@@H]2CC[C@H]2[C@@H](O)/C=C/CCC1)C[C@@]1(CCCc2cc(Cl)ccc21)CO3. The first-order valence-electron chi connectivity index (χ1n) is 15.4. The monoisotopic (exact) mass is 625 g/mol. The maximum Gasteiger partial charge on any atom is 0.286 e. The van der Waals surface area contributed by atoms with Crippen LogP contribution in [0.2, 0.25) is 5.02 Å². The molecule has 10 heteroatoms. The number of rotatable bonds is 2. The Hall–Kier alpha value is -2.88. The predicted octanol–water partition coefficient (Wildman–Crippen LogP) is 5.60. The van der Waals surface area contributed by atoms with E-state index in [2.05, 4.69) is 26.1 Å². The van der Waals surface area contributed by atoms with E-state index in [1.165, 1.54) is 11.1 Å². The van der Waals surface area contributed by atoms with Crippen molar-refractivity contribution in [1.82, 2.24) is 4.72 Å². The summed E-state index contributed by atoms with van der Waals surface area (Å²) in [6.45, 7) is 3.58. The van der Waals surface area contributed by atoms with Gasteiger partial charge < -0.3 is 14.7 Å². The van der Waals surface area contributed by atoms with Gasteiger partial charge in [-0.3, -0.25) is 14.3 Å². The van der Waals surface area contributed by atoms with Gasteiger partial charge in [0.2, 0.25) is 5.91 Å². The largest absolute Gasteiger partial charge is 0.490 e. The summed E-state index contributed by atoms with van der Waals surface area (Å²) in [5.74, 6) is 0.114. The normalized spacial score (nSPS) is 31.4. The molecule has 1 spiro atoms. The lowest BCUT2D eigenvalue weighted by atomic mass is 9.68. The van der Waals surface area contributed by atoms with Crippen molar-refractivity contribution in [3.63, 3.8) is 0 Å². The van der Waals surface area contributed by atoms with Gasteiger partial charge >= 0.3 is 0 Å². The van der Waals surface area contributed by atoms with E-state index in [1.807, 2.05) is 18.2 Å². The van der Waals surface area contributed by atoms with Crippen LogP contribution in [0.5, 0.6) is 5.75 Å². The average molecular weight is 626 g/mol. The van der Waals surface area contributed by atoms with E-state index in [9.17, 15) is 18.9 Å². The third-order valence-electron chi connectivity index (χ3n) is 9.60. The van der Waals surface area contributed by atoms with Crippen molar-refractivity contribution in [2.24, 2.45) is 16.2 Å². The van der Waals surface area contributed by atoms with E-state index in [1.54, 1.807) is 25.1 Å². The Morgan fingerprint density at radius 2 is 2.09 bits per heavy atom. The molecule has 2 aromatic carbocycles. The molecule has 230 valence electrons. The molecule has 2 aromatic rings. The Bertz CT molecular complexity index is 1570. The molecule has 2 bridgehead atoms. The summed E-state index contributed by atoms with van der Waals surface area (Å²) in [6.07, 6.45) is 9.28. The standard InChI is InChI=1S/C33H40ClN3O5S/c1-2-31(39)35-43(41)16-5-3-4-8-29(38)26-12-9-24(26)19-37-20-33(15-6-7-22-17-25(34)11-13-27(22)33)21-42-30-14-10-23(18-28(30)37)32(40)36-43/h4,8,10-11,13-14,17-18,24,26,29,38H,2-3,5-7,9,12,15-16,19-21H2,1H3,(H,35,36,39,40,41)/b8-4+/t24-,26+,29-,33-,43-/m0/s1. The topological polar surface area (TPSA) is 108 Å². The van der Waals surface area contributed by atoms with Gasteiger partial charge in [-0.1, -0.05) is 36.7 Å². The zero-order valence-electron chi connectivity index (χ0n) is 24.6. The van der Waals surface area contributed by atoms with Gasteiger partial charge in [-0.25, -0.2) is 4.21 Å². The number of carbonyl (C=O) groups is 2. The summed E-state index contributed by atoms with van der Waals surface area (Å²) in [5, 5.41) is 11.8. The van der Waals surface area contributed by atoms with Crippen LogP contribution in [0, 0.1) is 11.8 Å². The number of nitrogens with one attached hydrogen (secondary N) is 1. The predicted molar refractivity (Wildman–Crippen MR) is 169 cm³/mol. The number of aryl methyl sites for hydroxylation is 1. The zero-order chi connectivity index (χ0) is 30.2. The fourth-order valence-electron chi connectivity index (χ4n) is 7.13. The van der Waals surface area contributed by atoms with Crippen LogP contribution in [0.4, 0.5) is 5.69 Å². The number of hydrogen-bond donors (Lipinski definition) is 2. The molecular weight excluding hydrogens is 586 g/mol. The highest BCUT2D eigenvalue weighted by molar-refractivity contribution is 7.92. The van der Waals surface area contributed by atoms with E-state index in [0.29, 0.717) is 43.9 Å². The molecule has 8 nitrogen and oxygen atoms in total. The summed E-state index contributed by atoms with van der Waals surface area (Å²) < 4.78 is 26.9. The van der Waals surface area contributed by atoms with Crippen molar-refractivity contribution in [3.8, 4) is 5.75 Å². The number of anilines is 1. The van der Waals surface area contributed by atoms with Crippen LogP contribution in [0.1, 0.15) is 73.4 Å². The molecule has 1 saturated carbocycles. The van der Waals surface area contributed by atoms with Gasteiger partial charge in [0, 0.05) is 35.5 Å². The number of aliphatic hydroxyl groups is 1. The first-order valence-corrected chi connectivity index (χ1v) is 17.5. The number of ether oxygens (including phenoxy) is 1. The van der Waals surface area contributed by atoms with Crippen molar-refractivity contribution in [2.75, 3.05) is 30.3 Å². The number of halogens is 1. The number of allylic oxidation sites excluding steroid dienone is 1. The first kappa shape index (κ1) is 30.2. The molecule has 0 unspecified atom stereocenters. The minimum Gasteiger partial charge on any atom is -0.490 e. The van der Waals surface area contributed by atoms with Crippen molar-refractivity contribution in [3.05, 3.63) is 70.3 Å². The Balaban J connectivity index is 1.43. The molecule has 2 aliphatic carbocycles.